The molecule has 5 nitrogen and oxygen atoms in total. The van der Waals surface area contributed by atoms with Crippen LogP contribution in [0.4, 0.5) is 10.1 Å². The molecule has 0 bridgehead atoms. The molecular formula is C36H38FN3O2. The standard InChI is InChI=1S/C36H38FN3O2/c37-30-13-15-31(16-14-30)40-22-19-29-24-32(42-25-27-7-3-1-4-8-27)17-18-33(29)34(40)23-26-9-11-28(12-10-26)35(36(38)41)39-20-5-2-6-21-39/h1,3-4,7-18,24,34-35H,2,5-6,19-23,25H2,(H2,38,41). The number of hydrogen-bond donors (Lipinski definition) is 1. The molecule has 2 unspecified atom stereocenters. The number of rotatable bonds is 9. The van der Waals surface area contributed by atoms with E-state index in [0.717, 1.165) is 67.9 Å². The van der Waals surface area contributed by atoms with Crippen LogP contribution in [0.15, 0.2) is 97.1 Å². The first-order chi connectivity index (χ1) is 20.5. The number of primary amides is 1. The van der Waals surface area contributed by atoms with E-state index in [1.807, 2.05) is 30.3 Å². The molecule has 42 heavy (non-hydrogen) atoms. The van der Waals surface area contributed by atoms with Crippen molar-refractivity contribution in [2.45, 2.75) is 50.8 Å². The van der Waals surface area contributed by atoms with E-state index < -0.39 is 0 Å². The lowest BCUT2D eigenvalue weighted by Crippen LogP contribution is -2.40. The van der Waals surface area contributed by atoms with Gasteiger partial charge in [0.05, 0.1) is 6.04 Å². The minimum Gasteiger partial charge on any atom is -0.489 e. The molecule has 2 aliphatic rings. The van der Waals surface area contributed by atoms with E-state index in [2.05, 4.69) is 64.4 Å². The fraction of sp³-hybridized carbons (Fsp3) is 0.306. The Labute approximate surface area is 247 Å². The van der Waals surface area contributed by atoms with Crippen LogP contribution in [-0.2, 0) is 24.2 Å². The molecule has 6 rings (SSSR count). The summed E-state index contributed by atoms with van der Waals surface area (Å²) in [6.07, 6.45) is 5.05. The van der Waals surface area contributed by atoms with Gasteiger partial charge >= 0.3 is 0 Å². The molecule has 2 heterocycles. The Kier molecular flexibility index (Phi) is 8.52. The van der Waals surface area contributed by atoms with Gasteiger partial charge in [-0.25, -0.2) is 4.39 Å². The average molecular weight is 564 g/mol. The SMILES string of the molecule is NC(=O)C(c1ccc(CC2c3ccc(OCc4ccccc4)cc3CCN2c2ccc(F)cc2)cc1)N1CCCCC1. The molecule has 0 spiro atoms. The van der Waals surface area contributed by atoms with E-state index in [9.17, 15) is 9.18 Å². The molecule has 1 saturated heterocycles. The smallest absolute Gasteiger partial charge is 0.239 e. The molecule has 6 heteroatoms. The second-order valence-corrected chi connectivity index (χ2v) is 11.4. The van der Waals surface area contributed by atoms with Crippen molar-refractivity contribution in [3.63, 3.8) is 0 Å². The normalized spacial score (nSPS) is 17.8. The number of nitrogens with two attached hydrogens (primary N) is 1. The van der Waals surface area contributed by atoms with Crippen molar-refractivity contribution in [2.24, 2.45) is 5.73 Å². The first-order valence-corrected chi connectivity index (χ1v) is 15.0. The molecule has 0 aromatic heterocycles. The van der Waals surface area contributed by atoms with Gasteiger partial charge in [-0.15, -0.1) is 0 Å². The quantitative estimate of drug-likeness (QED) is 0.244. The Morgan fingerprint density at radius 3 is 2.31 bits per heavy atom. The number of anilines is 1. The molecule has 1 amide bonds. The number of carbonyl (C=O) groups excluding carboxylic acids is 1. The summed E-state index contributed by atoms with van der Waals surface area (Å²) in [6.45, 7) is 3.15. The van der Waals surface area contributed by atoms with E-state index >= 15 is 0 Å². The zero-order chi connectivity index (χ0) is 28.9. The maximum atomic E-state index is 13.8. The fourth-order valence-electron chi connectivity index (χ4n) is 6.47. The summed E-state index contributed by atoms with van der Waals surface area (Å²) < 4.78 is 19.9. The Bertz CT molecular complexity index is 1480. The second kappa shape index (κ2) is 12.8. The van der Waals surface area contributed by atoms with Crippen molar-refractivity contribution >= 4 is 11.6 Å². The van der Waals surface area contributed by atoms with Crippen molar-refractivity contribution in [2.75, 3.05) is 24.5 Å². The van der Waals surface area contributed by atoms with Gasteiger partial charge in [-0.2, -0.15) is 0 Å². The largest absolute Gasteiger partial charge is 0.489 e. The lowest BCUT2D eigenvalue weighted by atomic mass is 9.87. The number of likely N-dealkylation sites (tertiary alicyclic amines) is 1. The van der Waals surface area contributed by atoms with Crippen molar-refractivity contribution in [1.29, 1.82) is 0 Å². The molecule has 0 radical (unpaired) electrons. The molecule has 4 aromatic rings. The third kappa shape index (κ3) is 6.34. The third-order valence-electron chi connectivity index (χ3n) is 8.63. The molecule has 4 aromatic carbocycles. The number of amides is 1. The van der Waals surface area contributed by atoms with E-state index in [4.69, 9.17) is 10.5 Å². The number of carbonyl (C=O) groups is 1. The monoisotopic (exact) mass is 563 g/mol. The summed E-state index contributed by atoms with van der Waals surface area (Å²) in [4.78, 5) is 17.0. The summed E-state index contributed by atoms with van der Waals surface area (Å²) in [5, 5.41) is 0. The molecule has 0 aliphatic carbocycles. The van der Waals surface area contributed by atoms with Crippen molar-refractivity contribution < 1.29 is 13.9 Å². The first kappa shape index (κ1) is 28.0. The van der Waals surface area contributed by atoms with Gasteiger partial charge in [-0.05, 0) is 103 Å². The Morgan fingerprint density at radius 1 is 0.857 bits per heavy atom. The van der Waals surface area contributed by atoms with Gasteiger partial charge in [0, 0.05) is 12.2 Å². The van der Waals surface area contributed by atoms with E-state index in [-0.39, 0.29) is 23.8 Å². The number of nitrogens with zero attached hydrogens (tertiary/aromatic N) is 2. The second-order valence-electron chi connectivity index (χ2n) is 11.4. The molecule has 1 fully saturated rings. The highest BCUT2D eigenvalue weighted by atomic mass is 19.1. The Balaban J connectivity index is 1.26. The van der Waals surface area contributed by atoms with Gasteiger partial charge in [0.1, 0.15) is 24.2 Å². The van der Waals surface area contributed by atoms with Crippen LogP contribution in [0.2, 0.25) is 0 Å². The van der Waals surface area contributed by atoms with Gasteiger partial charge in [0.25, 0.3) is 0 Å². The number of fused-ring (bicyclic) bond motifs is 1. The predicted molar refractivity (Wildman–Crippen MR) is 165 cm³/mol. The van der Waals surface area contributed by atoms with Crippen LogP contribution in [0, 0.1) is 5.82 Å². The minimum atomic E-state index is -0.389. The maximum absolute atomic E-state index is 13.8. The number of halogens is 1. The van der Waals surface area contributed by atoms with Gasteiger partial charge in [-0.3, -0.25) is 9.69 Å². The lowest BCUT2D eigenvalue weighted by Gasteiger charge is -2.39. The van der Waals surface area contributed by atoms with Gasteiger partial charge in [-0.1, -0.05) is 67.1 Å². The number of benzene rings is 4. The Morgan fingerprint density at radius 2 is 1.60 bits per heavy atom. The molecule has 2 atom stereocenters. The predicted octanol–water partition coefficient (Wildman–Crippen LogP) is 6.76. The van der Waals surface area contributed by atoms with Crippen LogP contribution < -0.4 is 15.4 Å². The third-order valence-corrected chi connectivity index (χ3v) is 8.63. The fourth-order valence-corrected chi connectivity index (χ4v) is 6.47. The average Bonchev–Trinajstić information content (AvgIpc) is 3.02. The Hall–Kier alpha value is -4.16. The summed E-state index contributed by atoms with van der Waals surface area (Å²) in [7, 11) is 0. The van der Waals surface area contributed by atoms with E-state index in [0.29, 0.717) is 6.61 Å². The molecule has 0 saturated carbocycles. The highest BCUT2D eigenvalue weighted by molar-refractivity contribution is 5.81. The van der Waals surface area contributed by atoms with Crippen molar-refractivity contribution in [3.05, 3.63) is 131 Å². The number of ether oxygens (including phenoxy) is 1. The van der Waals surface area contributed by atoms with Crippen LogP contribution in [0.1, 0.15) is 59.2 Å². The summed E-state index contributed by atoms with van der Waals surface area (Å²) in [6, 6.07) is 31.5. The van der Waals surface area contributed by atoms with Gasteiger partial charge in [0.15, 0.2) is 0 Å². The highest BCUT2D eigenvalue weighted by Crippen LogP contribution is 2.38. The zero-order valence-corrected chi connectivity index (χ0v) is 23.9. The van der Waals surface area contributed by atoms with E-state index in [1.54, 1.807) is 0 Å². The van der Waals surface area contributed by atoms with Crippen LogP contribution >= 0.6 is 0 Å². The number of piperidine rings is 1. The molecule has 2 aliphatic heterocycles. The lowest BCUT2D eigenvalue weighted by molar-refractivity contribution is -0.123. The number of hydrogen-bond acceptors (Lipinski definition) is 4. The summed E-state index contributed by atoms with van der Waals surface area (Å²) >= 11 is 0. The van der Waals surface area contributed by atoms with Crippen molar-refractivity contribution in [3.8, 4) is 5.75 Å². The molecule has 216 valence electrons. The van der Waals surface area contributed by atoms with Crippen LogP contribution in [0.25, 0.3) is 0 Å². The first-order valence-electron chi connectivity index (χ1n) is 15.0. The zero-order valence-electron chi connectivity index (χ0n) is 23.9. The van der Waals surface area contributed by atoms with Crippen LogP contribution in [0.5, 0.6) is 5.75 Å². The minimum absolute atomic E-state index is 0.0715. The van der Waals surface area contributed by atoms with E-state index in [1.165, 1.54) is 35.2 Å². The summed E-state index contributed by atoms with van der Waals surface area (Å²) in [5.74, 6) is 0.339. The summed E-state index contributed by atoms with van der Waals surface area (Å²) in [5.41, 5.74) is 12.7. The van der Waals surface area contributed by atoms with Crippen LogP contribution in [0.3, 0.4) is 0 Å². The van der Waals surface area contributed by atoms with Gasteiger partial charge < -0.3 is 15.4 Å². The maximum Gasteiger partial charge on any atom is 0.239 e. The molecular weight excluding hydrogens is 525 g/mol. The van der Waals surface area contributed by atoms with Gasteiger partial charge in [0.2, 0.25) is 5.91 Å². The molecule has 2 N–H and O–H groups in total. The topological polar surface area (TPSA) is 58.8 Å². The van der Waals surface area contributed by atoms with Crippen LogP contribution in [-0.4, -0.2) is 30.4 Å². The van der Waals surface area contributed by atoms with Crippen molar-refractivity contribution in [1.82, 2.24) is 4.90 Å². The highest BCUT2D eigenvalue weighted by Gasteiger charge is 2.30.